The number of carbonyl (C=O) groups is 1. The Kier molecular flexibility index (Phi) is 4.85. The fourth-order valence-corrected chi connectivity index (χ4v) is 1.41. The molecule has 2 N–H and O–H groups in total. The Hall–Kier alpha value is -0.980. The molecule has 0 aliphatic heterocycles. The van der Waals surface area contributed by atoms with E-state index in [2.05, 4.69) is 15.9 Å². The molecule has 0 aliphatic rings. The van der Waals surface area contributed by atoms with Crippen LogP contribution in [0, 0.1) is 5.82 Å². The van der Waals surface area contributed by atoms with Crippen molar-refractivity contribution in [2.75, 3.05) is 13.7 Å². The van der Waals surface area contributed by atoms with Gasteiger partial charge in [-0.15, -0.1) is 0 Å². The van der Waals surface area contributed by atoms with Gasteiger partial charge in [0, 0.05) is 17.1 Å². The number of carbonyl (C=O) groups excluding carboxylic acids is 1. The standard InChI is InChI=1S/C10H12BrFN2O2/c1-14(13)10(15)6-16-5-7-4-8(11)2-3-9(7)12/h2-4H,5-6,13H2,1H3. The minimum Gasteiger partial charge on any atom is -0.367 e. The van der Waals surface area contributed by atoms with Crippen molar-refractivity contribution in [3.8, 4) is 0 Å². The molecule has 0 atom stereocenters. The van der Waals surface area contributed by atoms with Crippen molar-refractivity contribution < 1.29 is 13.9 Å². The number of halogens is 2. The summed E-state index contributed by atoms with van der Waals surface area (Å²) in [5.74, 6) is 4.46. The number of hydrazine groups is 1. The lowest BCUT2D eigenvalue weighted by Gasteiger charge is -2.10. The van der Waals surface area contributed by atoms with Crippen molar-refractivity contribution in [3.63, 3.8) is 0 Å². The number of amides is 1. The molecule has 0 bridgehead atoms. The smallest absolute Gasteiger partial charge is 0.262 e. The molecule has 1 aromatic rings. The molecule has 0 unspecified atom stereocenters. The summed E-state index contributed by atoms with van der Waals surface area (Å²) in [6, 6.07) is 4.53. The first-order valence-electron chi connectivity index (χ1n) is 4.53. The molecular formula is C10H12BrFN2O2. The molecular weight excluding hydrogens is 279 g/mol. The van der Waals surface area contributed by atoms with E-state index in [-0.39, 0.29) is 24.9 Å². The molecule has 0 radical (unpaired) electrons. The molecule has 4 nitrogen and oxygen atoms in total. The second-order valence-corrected chi connectivity index (χ2v) is 4.15. The first kappa shape index (κ1) is 13.1. The average molecular weight is 291 g/mol. The Morgan fingerprint density at radius 3 is 2.94 bits per heavy atom. The highest BCUT2D eigenvalue weighted by atomic mass is 79.9. The van der Waals surface area contributed by atoms with E-state index >= 15 is 0 Å². The number of ether oxygens (including phenoxy) is 1. The Balaban J connectivity index is 2.49. The molecule has 0 aliphatic carbocycles. The van der Waals surface area contributed by atoms with Gasteiger partial charge in [-0.25, -0.2) is 10.2 Å². The van der Waals surface area contributed by atoms with Gasteiger partial charge in [-0.05, 0) is 18.2 Å². The lowest BCUT2D eigenvalue weighted by Crippen LogP contribution is -2.35. The van der Waals surface area contributed by atoms with E-state index in [0.717, 1.165) is 9.48 Å². The first-order chi connectivity index (χ1) is 7.50. The van der Waals surface area contributed by atoms with E-state index < -0.39 is 0 Å². The third kappa shape index (κ3) is 3.88. The number of rotatable bonds is 4. The molecule has 0 spiro atoms. The lowest BCUT2D eigenvalue weighted by molar-refractivity contribution is -0.135. The Morgan fingerprint density at radius 2 is 2.31 bits per heavy atom. The topological polar surface area (TPSA) is 55.6 Å². The summed E-state index contributed by atoms with van der Waals surface area (Å²) in [5, 5.41) is 0.928. The number of hydrogen-bond acceptors (Lipinski definition) is 3. The van der Waals surface area contributed by atoms with Crippen LogP contribution in [-0.2, 0) is 16.1 Å². The third-order valence-electron chi connectivity index (χ3n) is 1.88. The van der Waals surface area contributed by atoms with Crippen molar-refractivity contribution in [3.05, 3.63) is 34.1 Å². The SMILES string of the molecule is CN(N)C(=O)COCc1cc(Br)ccc1F. The van der Waals surface area contributed by atoms with Crippen LogP contribution in [0.15, 0.2) is 22.7 Å². The minimum atomic E-state index is -0.365. The quantitative estimate of drug-likeness (QED) is 0.519. The van der Waals surface area contributed by atoms with E-state index in [1.54, 1.807) is 12.1 Å². The zero-order valence-electron chi connectivity index (χ0n) is 8.74. The molecule has 0 saturated heterocycles. The Morgan fingerprint density at radius 1 is 1.62 bits per heavy atom. The maximum atomic E-state index is 13.2. The second kappa shape index (κ2) is 5.93. The summed E-state index contributed by atoms with van der Waals surface area (Å²) >= 11 is 3.22. The number of benzene rings is 1. The summed E-state index contributed by atoms with van der Waals surface area (Å²) in [7, 11) is 1.42. The van der Waals surface area contributed by atoms with Gasteiger partial charge in [0.05, 0.1) is 6.61 Å². The van der Waals surface area contributed by atoms with Crippen LogP contribution in [0.25, 0.3) is 0 Å². The van der Waals surface area contributed by atoms with Crippen LogP contribution in [0.2, 0.25) is 0 Å². The lowest BCUT2D eigenvalue weighted by atomic mass is 10.2. The third-order valence-corrected chi connectivity index (χ3v) is 2.38. The molecule has 0 fully saturated rings. The maximum absolute atomic E-state index is 13.2. The van der Waals surface area contributed by atoms with Crippen molar-refractivity contribution in [1.82, 2.24) is 5.01 Å². The molecule has 1 rings (SSSR count). The van der Waals surface area contributed by atoms with Gasteiger partial charge in [0.2, 0.25) is 0 Å². The minimum absolute atomic E-state index is 0.0326. The van der Waals surface area contributed by atoms with Gasteiger partial charge in [0.1, 0.15) is 12.4 Å². The van der Waals surface area contributed by atoms with Crippen LogP contribution in [0.5, 0.6) is 0 Å². The Labute approximate surface area is 101 Å². The van der Waals surface area contributed by atoms with Crippen molar-refractivity contribution in [2.45, 2.75) is 6.61 Å². The number of nitrogens with two attached hydrogens (primary N) is 1. The van der Waals surface area contributed by atoms with Crippen LogP contribution in [0.1, 0.15) is 5.56 Å². The van der Waals surface area contributed by atoms with Crippen molar-refractivity contribution in [1.29, 1.82) is 0 Å². The largest absolute Gasteiger partial charge is 0.367 e. The highest BCUT2D eigenvalue weighted by molar-refractivity contribution is 9.10. The molecule has 16 heavy (non-hydrogen) atoms. The fraction of sp³-hybridized carbons (Fsp3) is 0.300. The summed E-state index contributed by atoms with van der Waals surface area (Å²) in [5.41, 5.74) is 0.391. The van der Waals surface area contributed by atoms with Gasteiger partial charge in [0.15, 0.2) is 0 Å². The normalized spacial score (nSPS) is 10.2. The molecule has 88 valence electrons. The number of nitrogens with zero attached hydrogens (tertiary/aromatic N) is 1. The highest BCUT2D eigenvalue weighted by Crippen LogP contribution is 2.16. The van der Waals surface area contributed by atoms with E-state index in [0.29, 0.717) is 5.56 Å². The van der Waals surface area contributed by atoms with E-state index in [4.69, 9.17) is 10.6 Å². The van der Waals surface area contributed by atoms with Crippen LogP contribution in [0.4, 0.5) is 4.39 Å². The zero-order chi connectivity index (χ0) is 12.1. The average Bonchev–Trinajstić information content (AvgIpc) is 2.22. The molecule has 0 saturated carbocycles. The van der Waals surface area contributed by atoms with Gasteiger partial charge in [-0.2, -0.15) is 0 Å². The summed E-state index contributed by atoms with van der Waals surface area (Å²) in [4.78, 5) is 11.1. The molecule has 0 aromatic heterocycles. The summed E-state index contributed by atoms with van der Waals surface area (Å²) in [6.45, 7) is -0.135. The molecule has 0 heterocycles. The van der Waals surface area contributed by atoms with Crippen LogP contribution < -0.4 is 5.84 Å². The molecule has 1 amide bonds. The zero-order valence-corrected chi connectivity index (χ0v) is 10.3. The highest BCUT2D eigenvalue weighted by Gasteiger charge is 2.07. The first-order valence-corrected chi connectivity index (χ1v) is 5.33. The number of likely N-dealkylation sites (N-methyl/N-ethyl adjacent to an activating group) is 1. The predicted molar refractivity (Wildman–Crippen MR) is 60.7 cm³/mol. The van der Waals surface area contributed by atoms with Gasteiger partial charge in [0.25, 0.3) is 5.91 Å². The second-order valence-electron chi connectivity index (χ2n) is 3.23. The fourth-order valence-electron chi connectivity index (χ4n) is 1.00. The summed E-state index contributed by atoms with van der Waals surface area (Å²) < 4.78 is 19.0. The Bertz CT molecular complexity index is 385. The van der Waals surface area contributed by atoms with Gasteiger partial charge in [-0.1, -0.05) is 15.9 Å². The van der Waals surface area contributed by atoms with Crippen molar-refractivity contribution >= 4 is 21.8 Å². The summed E-state index contributed by atoms with van der Waals surface area (Å²) in [6.07, 6.45) is 0. The van der Waals surface area contributed by atoms with Crippen LogP contribution >= 0.6 is 15.9 Å². The predicted octanol–water partition coefficient (Wildman–Crippen LogP) is 1.44. The molecule has 6 heteroatoms. The monoisotopic (exact) mass is 290 g/mol. The van der Waals surface area contributed by atoms with Crippen LogP contribution in [-0.4, -0.2) is 24.6 Å². The number of hydrogen-bond donors (Lipinski definition) is 1. The van der Waals surface area contributed by atoms with E-state index in [9.17, 15) is 9.18 Å². The molecule has 1 aromatic carbocycles. The van der Waals surface area contributed by atoms with Crippen molar-refractivity contribution in [2.24, 2.45) is 5.84 Å². The van der Waals surface area contributed by atoms with Crippen LogP contribution in [0.3, 0.4) is 0 Å². The maximum Gasteiger partial charge on any atom is 0.262 e. The van der Waals surface area contributed by atoms with Gasteiger partial charge >= 0.3 is 0 Å². The van der Waals surface area contributed by atoms with E-state index in [1.807, 2.05) is 0 Å². The van der Waals surface area contributed by atoms with Gasteiger partial charge < -0.3 is 4.74 Å². The van der Waals surface area contributed by atoms with E-state index in [1.165, 1.54) is 13.1 Å². The van der Waals surface area contributed by atoms with Gasteiger partial charge in [-0.3, -0.25) is 9.80 Å².